The topological polar surface area (TPSA) is 106 Å². The lowest BCUT2D eigenvalue weighted by Gasteiger charge is -2.13. The van der Waals surface area contributed by atoms with Gasteiger partial charge in [0.25, 0.3) is 5.56 Å². The number of benzene rings is 2. The summed E-state index contributed by atoms with van der Waals surface area (Å²) in [5.74, 6) is -0.212. The van der Waals surface area contributed by atoms with Gasteiger partial charge in [-0.2, -0.15) is 0 Å². The van der Waals surface area contributed by atoms with E-state index in [-0.39, 0.29) is 16.7 Å². The lowest BCUT2D eigenvalue weighted by molar-refractivity contribution is -0.116. The average Bonchev–Trinajstić information content (AvgIpc) is 2.74. The highest BCUT2D eigenvalue weighted by Crippen LogP contribution is 2.33. The number of rotatable bonds is 5. The van der Waals surface area contributed by atoms with Gasteiger partial charge in [-0.25, -0.2) is 9.78 Å². The first-order valence-corrected chi connectivity index (χ1v) is 9.77. The molecule has 0 aliphatic carbocycles. The van der Waals surface area contributed by atoms with Crippen molar-refractivity contribution in [3.63, 3.8) is 0 Å². The molecular weight excluding hydrogens is 443 g/mol. The van der Waals surface area contributed by atoms with Crippen molar-refractivity contribution in [1.29, 1.82) is 0 Å². The number of H-pyrrole nitrogens is 1. The van der Waals surface area contributed by atoms with Crippen LogP contribution in [0.1, 0.15) is 0 Å². The molecule has 2 heterocycles. The van der Waals surface area contributed by atoms with E-state index in [1.54, 1.807) is 48.5 Å². The van der Waals surface area contributed by atoms with Crippen molar-refractivity contribution >= 4 is 45.7 Å². The zero-order valence-electron chi connectivity index (χ0n) is 15.8. The van der Waals surface area contributed by atoms with Gasteiger partial charge in [0.2, 0.25) is 11.8 Å². The van der Waals surface area contributed by atoms with Crippen LogP contribution in [0.4, 0.5) is 5.69 Å². The van der Waals surface area contributed by atoms with Gasteiger partial charge in [0.05, 0.1) is 21.6 Å². The third kappa shape index (κ3) is 4.45. The Morgan fingerprint density at radius 3 is 2.65 bits per heavy atom. The molecule has 4 rings (SSSR count). The first kappa shape index (κ1) is 20.6. The zero-order valence-corrected chi connectivity index (χ0v) is 17.3. The number of amides is 1. The van der Waals surface area contributed by atoms with Crippen LogP contribution in [0.15, 0.2) is 70.4 Å². The summed E-state index contributed by atoms with van der Waals surface area (Å²) >= 11 is 11.9. The van der Waals surface area contributed by atoms with Crippen LogP contribution in [0, 0.1) is 0 Å². The Labute approximate surface area is 185 Å². The Morgan fingerprint density at radius 2 is 1.84 bits per heavy atom. The molecule has 0 fully saturated rings. The predicted molar refractivity (Wildman–Crippen MR) is 118 cm³/mol. The van der Waals surface area contributed by atoms with Gasteiger partial charge in [0.15, 0.2) is 5.75 Å². The number of para-hydroxylation sites is 3. The third-order valence-corrected chi connectivity index (χ3v) is 4.81. The molecule has 0 bridgehead atoms. The third-order valence-electron chi connectivity index (χ3n) is 4.33. The summed E-state index contributed by atoms with van der Waals surface area (Å²) in [5.41, 5.74) is -0.525. The van der Waals surface area contributed by atoms with E-state index in [2.05, 4.69) is 15.3 Å². The Kier molecular flexibility index (Phi) is 5.75. The molecule has 2 aromatic heterocycles. The first-order chi connectivity index (χ1) is 14.9. The summed E-state index contributed by atoms with van der Waals surface area (Å²) in [5, 5.41) is 3.50. The van der Waals surface area contributed by atoms with E-state index in [1.807, 2.05) is 0 Å². The molecule has 0 saturated carbocycles. The van der Waals surface area contributed by atoms with Crippen molar-refractivity contribution in [2.24, 2.45) is 0 Å². The number of pyridine rings is 1. The lowest BCUT2D eigenvalue weighted by atomic mass is 10.2. The van der Waals surface area contributed by atoms with Crippen LogP contribution in [0.3, 0.4) is 0 Å². The highest BCUT2D eigenvalue weighted by atomic mass is 35.5. The fourth-order valence-electron chi connectivity index (χ4n) is 2.92. The maximum Gasteiger partial charge on any atom is 0.329 e. The van der Waals surface area contributed by atoms with Crippen LogP contribution in [-0.2, 0) is 11.3 Å². The second-order valence-electron chi connectivity index (χ2n) is 6.45. The van der Waals surface area contributed by atoms with Crippen LogP contribution in [0.25, 0.3) is 10.9 Å². The Morgan fingerprint density at radius 1 is 1.10 bits per heavy atom. The van der Waals surface area contributed by atoms with Crippen molar-refractivity contribution in [1.82, 2.24) is 14.5 Å². The predicted octanol–water partition coefficient (Wildman–Crippen LogP) is 3.82. The second kappa shape index (κ2) is 8.63. The number of ether oxygens (including phenoxy) is 1. The number of nitrogens with one attached hydrogen (secondary N) is 2. The lowest BCUT2D eigenvalue weighted by Crippen LogP contribution is -2.38. The summed E-state index contributed by atoms with van der Waals surface area (Å²) < 4.78 is 6.53. The highest BCUT2D eigenvalue weighted by molar-refractivity contribution is 6.35. The van der Waals surface area contributed by atoms with Crippen LogP contribution < -0.4 is 21.3 Å². The smallest absolute Gasteiger partial charge is 0.329 e. The summed E-state index contributed by atoms with van der Waals surface area (Å²) in [4.78, 5) is 44.1. The molecule has 0 aliphatic rings. The fraction of sp³-hybridized carbons (Fsp3) is 0.0476. The molecule has 8 nitrogen and oxygen atoms in total. The number of aromatic nitrogens is 3. The minimum Gasteiger partial charge on any atom is -0.435 e. The van der Waals surface area contributed by atoms with Gasteiger partial charge in [-0.15, -0.1) is 0 Å². The van der Waals surface area contributed by atoms with E-state index < -0.39 is 23.7 Å². The molecule has 10 heteroatoms. The molecule has 0 radical (unpaired) electrons. The highest BCUT2D eigenvalue weighted by Gasteiger charge is 2.14. The van der Waals surface area contributed by atoms with Gasteiger partial charge in [0, 0.05) is 6.20 Å². The SMILES string of the molecule is O=C(Cn1c(=O)[nH]c2ccccc2c1=O)Nc1ccccc1Oc1ncc(Cl)cc1Cl. The molecule has 0 unspecified atom stereocenters. The largest absolute Gasteiger partial charge is 0.435 e. The number of anilines is 1. The molecule has 31 heavy (non-hydrogen) atoms. The van der Waals surface area contributed by atoms with E-state index in [0.29, 0.717) is 21.6 Å². The van der Waals surface area contributed by atoms with Crippen molar-refractivity contribution in [2.45, 2.75) is 6.54 Å². The Hall–Kier alpha value is -3.62. The van der Waals surface area contributed by atoms with E-state index in [4.69, 9.17) is 27.9 Å². The molecule has 0 atom stereocenters. The first-order valence-electron chi connectivity index (χ1n) is 9.02. The number of fused-ring (bicyclic) bond motifs is 1. The van der Waals surface area contributed by atoms with Gasteiger partial charge in [-0.05, 0) is 30.3 Å². The van der Waals surface area contributed by atoms with E-state index in [0.717, 1.165) is 4.57 Å². The molecule has 1 amide bonds. The molecule has 0 saturated heterocycles. The van der Waals surface area contributed by atoms with Crippen molar-refractivity contribution in [3.05, 3.63) is 91.7 Å². The Balaban J connectivity index is 1.58. The van der Waals surface area contributed by atoms with E-state index in [9.17, 15) is 14.4 Å². The summed E-state index contributed by atoms with van der Waals surface area (Å²) in [6.07, 6.45) is 1.38. The number of halogens is 2. The molecule has 2 aromatic carbocycles. The molecule has 4 aromatic rings. The molecule has 2 N–H and O–H groups in total. The number of hydrogen-bond donors (Lipinski definition) is 2. The van der Waals surface area contributed by atoms with E-state index >= 15 is 0 Å². The number of carbonyl (C=O) groups excluding carboxylic acids is 1. The maximum absolute atomic E-state index is 12.6. The van der Waals surface area contributed by atoms with Gasteiger partial charge < -0.3 is 15.0 Å². The van der Waals surface area contributed by atoms with Crippen molar-refractivity contribution in [3.8, 4) is 11.6 Å². The molecule has 156 valence electrons. The van der Waals surface area contributed by atoms with Gasteiger partial charge in [0.1, 0.15) is 11.6 Å². The molecule has 0 aliphatic heterocycles. The number of hydrogen-bond acceptors (Lipinski definition) is 5. The molecular formula is C21H14Cl2N4O4. The summed E-state index contributed by atoms with van der Waals surface area (Å²) in [6, 6.07) is 14.7. The Bertz CT molecular complexity index is 1410. The number of nitrogens with zero attached hydrogens (tertiary/aromatic N) is 2. The van der Waals surface area contributed by atoms with Crippen molar-refractivity contribution in [2.75, 3.05) is 5.32 Å². The van der Waals surface area contributed by atoms with Crippen molar-refractivity contribution < 1.29 is 9.53 Å². The maximum atomic E-state index is 12.6. The van der Waals surface area contributed by atoms with Crippen LogP contribution in [-0.4, -0.2) is 20.4 Å². The van der Waals surface area contributed by atoms with Gasteiger partial charge in [-0.1, -0.05) is 47.5 Å². The average molecular weight is 457 g/mol. The van der Waals surface area contributed by atoms with Gasteiger partial charge >= 0.3 is 5.69 Å². The standard InChI is InChI=1S/C21H14Cl2N4O4/c22-12-9-14(23)19(24-10-12)31-17-8-4-3-7-16(17)25-18(28)11-27-20(29)13-5-1-2-6-15(13)26-21(27)30/h1-10H,11H2,(H,25,28)(H,26,30). The van der Waals surface area contributed by atoms with Crippen LogP contribution in [0.5, 0.6) is 11.6 Å². The van der Waals surface area contributed by atoms with Gasteiger partial charge in [-0.3, -0.25) is 14.2 Å². The minimum absolute atomic E-state index is 0.106. The minimum atomic E-state index is -0.680. The zero-order chi connectivity index (χ0) is 22.0. The quantitative estimate of drug-likeness (QED) is 0.474. The fourth-order valence-corrected chi connectivity index (χ4v) is 3.33. The van der Waals surface area contributed by atoms with Crippen LogP contribution in [0.2, 0.25) is 10.0 Å². The normalized spacial score (nSPS) is 10.8. The molecule has 0 spiro atoms. The summed E-state index contributed by atoms with van der Waals surface area (Å²) in [6.45, 7) is -0.479. The van der Waals surface area contributed by atoms with Crippen LogP contribution >= 0.6 is 23.2 Å². The second-order valence-corrected chi connectivity index (χ2v) is 7.30. The number of aromatic amines is 1. The summed E-state index contributed by atoms with van der Waals surface area (Å²) in [7, 11) is 0. The van der Waals surface area contributed by atoms with E-state index in [1.165, 1.54) is 12.3 Å². The number of carbonyl (C=O) groups is 1. The monoisotopic (exact) mass is 456 g/mol.